The number of aromatic hydroxyl groups is 1. The van der Waals surface area contributed by atoms with Crippen LogP contribution >= 0.6 is 0 Å². The molecule has 0 amide bonds. The lowest BCUT2D eigenvalue weighted by Crippen LogP contribution is -3.00. The first-order valence-corrected chi connectivity index (χ1v) is 20.8. The molecule has 0 aromatic heterocycles. The number of halogens is 15. The van der Waals surface area contributed by atoms with Gasteiger partial charge in [-0.2, -0.15) is 17.6 Å². The Labute approximate surface area is 366 Å². The minimum absolute atomic E-state index is 0.156. The molecule has 5 nitrogen and oxygen atoms in total. The highest BCUT2D eigenvalue weighted by molar-refractivity contribution is 6.39. The van der Waals surface area contributed by atoms with E-state index in [1.807, 2.05) is 0 Å². The van der Waals surface area contributed by atoms with Gasteiger partial charge in [0, 0.05) is 0 Å². The van der Waals surface area contributed by atoms with Crippen LogP contribution in [-0.4, -0.2) is 26.5 Å². The number of hydrogen-bond donors (Lipinski definition) is 2. The number of nitrogens with one attached hydrogen (secondary N) is 1. The van der Waals surface area contributed by atoms with E-state index >= 15 is 0 Å². The van der Waals surface area contributed by atoms with Gasteiger partial charge in [0.2, 0.25) is 58.2 Å². The van der Waals surface area contributed by atoms with Gasteiger partial charge >= 0.3 is 7.32 Å². The van der Waals surface area contributed by atoms with Crippen LogP contribution in [0.25, 0.3) is 0 Å². The molecule has 0 aliphatic heterocycles. The van der Waals surface area contributed by atoms with Crippen molar-refractivity contribution >= 4 is 13.0 Å². The number of unbranched alkanes of at least 4 members (excludes halogenated alkanes) is 15. The summed E-state index contributed by atoms with van der Waals surface area (Å²) in [6.45, 7) is 2.21. The van der Waals surface area contributed by atoms with Gasteiger partial charge in [-0.3, -0.25) is 8.78 Å². The lowest BCUT2D eigenvalue weighted by Gasteiger charge is -2.22. The molecule has 0 unspecified atom stereocenters. The van der Waals surface area contributed by atoms with Gasteiger partial charge in [-0.25, -0.2) is 39.5 Å². The van der Waals surface area contributed by atoms with Crippen molar-refractivity contribution in [3.63, 3.8) is 0 Å². The minimum atomic E-state index is -2.92. The van der Waals surface area contributed by atoms with Crippen LogP contribution in [0.2, 0.25) is 0 Å². The second-order valence-electron chi connectivity index (χ2n) is 15.1. The molecule has 0 aliphatic carbocycles. The quantitative estimate of drug-likeness (QED) is 0.0184. The molecule has 4 aromatic carbocycles. The van der Waals surface area contributed by atoms with Gasteiger partial charge in [0.25, 0.3) is 0 Å². The number of rotatable bonds is 24. The van der Waals surface area contributed by atoms with Crippen LogP contribution in [0.5, 0.6) is 23.0 Å². The van der Waals surface area contributed by atoms with Crippen LogP contribution in [0.3, 0.4) is 0 Å². The third-order valence-corrected chi connectivity index (χ3v) is 10.0. The molecule has 0 fully saturated rings. The lowest BCUT2D eigenvalue weighted by atomic mass is 10.0. The van der Waals surface area contributed by atoms with Crippen LogP contribution in [0.15, 0.2) is 12.1 Å². The molecule has 4 rings (SSSR count). The SMILES string of the molecule is CCCCCCCCCCCCCCCCCCc1c(O)ccc(OB(Oc2c(F)c(F)c(F)c(F)c2F)Oc2c(F)c(F)c(F)c(F)c2F)c1[NH+](C)C.Fc1[c-]c(F)c(F)c(F)c1F. The van der Waals surface area contributed by atoms with E-state index in [9.17, 15) is 71.0 Å². The highest BCUT2D eigenvalue weighted by atomic mass is 19.2. The molecule has 0 spiro atoms. The van der Waals surface area contributed by atoms with E-state index in [1.54, 1.807) is 14.1 Å². The molecule has 0 saturated heterocycles. The average Bonchev–Trinajstić information content (AvgIpc) is 3.28. The maximum atomic E-state index is 14.6. The van der Waals surface area contributed by atoms with Gasteiger partial charge in [-0.15, -0.1) is 6.07 Å². The fourth-order valence-electron chi connectivity index (χ4n) is 6.60. The minimum Gasteiger partial charge on any atom is -0.507 e. The Morgan fingerprint density at radius 1 is 0.446 bits per heavy atom. The van der Waals surface area contributed by atoms with Crippen molar-refractivity contribution in [3.05, 3.63) is 111 Å². The maximum absolute atomic E-state index is 14.6. The maximum Gasteiger partial charge on any atom is 0.864 e. The summed E-state index contributed by atoms with van der Waals surface area (Å²) < 4.78 is 216. The highest BCUT2D eigenvalue weighted by Crippen LogP contribution is 2.37. The molecule has 65 heavy (non-hydrogen) atoms. The number of benzene rings is 4. The van der Waals surface area contributed by atoms with E-state index in [1.165, 1.54) is 64.2 Å². The summed E-state index contributed by atoms with van der Waals surface area (Å²) in [5.74, 6) is -39.9. The van der Waals surface area contributed by atoms with Crippen LogP contribution in [0, 0.1) is 93.3 Å². The Hall–Kier alpha value is -4.95. The number of phenolic OH excluding ortho intramolecular Hbond substituents is 1. The molecular formula is C44H47BF15NO4. The van der Waals surface area contributed by atoms with Gasteiger partial charge in [0.15, 0.2) is 22.9 Å². The predicted molar refractivity (Wildman–Crippen MR) is 209 cm³/mol. The van der Waals surface area contributed by atoms with Crippen molar-refractivity contribution in [2.24, 2.45) is 0 Å². The van der Waals surface area contributed by atoms with Gasteiger partial charge in [-0.1, -0.05) is 103 Å². The zero-order valence-electron chi connectivity index (χ0n) is 35.6. The first-order chi connectivity index (χ1) is 30.8. The van der Waals surface area contributed by atoms with E-state index in [2.05, 4.69) is 6.92 Å². The zero-order valence-corrected chi connectivity index (χ0v) is 35.6. The summed E-state index contributed by atoms with van der Waals surface area (Å²) in [4.78, 5) is 0.457. The Morgan fingerprint density at radius 2 is 0.769 bits per heavy atom. The summed E-state index contributed by atoms with van der Waals surface area (Å²) in [7, 11) is 0.227. The van der Waals surface area contributed by atoms with Gasteiger partial charge in [0.05, 0.1) is 48.7 Å². The molecule has 0 aliphatic rings. The van der Waals surface area contributed by atoms with Crippen molar-refractivity contribution in [1.82, 2.24) is 0 Å². The first kappa shape index (κ1) is 54.4. The molecular weight excluding hydrogens is 902 g/mol. The number of phenols is 1. The Balaban J connectivity index is 0.000000887. The Kier molecular flexibility index (Phi) is 22.0. The fourth-order valence-corrected chi connectivity index (χ4v) is 6.60. The van der Waals surface area contributed by atoms with Crippen LogP contribution < -0.4 is 18.9 Å². The smallest absolute Gasteiger partial charge is 0.507 e. The van der Waals surface area contributed by atoms with Gasteiger partial charge < -0.3 is 24.0 Å². The fraction of sp³-hybridized carbons (Fsp3) is 0.455. The van der Waals surface area contributed by atoms with Gasteiger partial charge in [-0.05, 0) is 25.0 Å². The van der Waals surface area contributed by atoms with Crippen molar-refractivity contribution in [2.75, 3.05) is 14.1 Å². The topological polar surface area (TPSA) is 52.4 Å². The molecule has 0 bridgehead atoms. The summed E-state index contributed by atoms with van der Waals surface area (Å²) >= 11 is 0. The molecule has 360 valence electrons. The standard InChI is InChI=1S/C38H46BF10NO4.C6F5/c1-4-5-6-7-8-9-10-11-12-13-14-15-16-17-18-19-20-23-24(51)21-22-25(36(23)50(2)3)52-39(53-37-32(46)28(42)26(40)29(43)33(37)47)54-38-34(48)30(44)27(41)31(45)35(38)49;7-2-1-3(8)5(10)6(11)4(2)9/h21-22,51H,4-20H2,1-3H3;/q;-1/p+1. The molecule has 0 radical (unpaired) electrons. The Morgan fingerprint density at radius 3 is 1.12 bits per heavy atom. The zero-order chi connectivity index (χ0) is 48.5. The van der Waals surface area contributed by atoms with Crippen LogP contribution in [0.1, 0.15) is 115 Å². The molecule has 0 saturated carbocycles. The van der Waals surface area contributed by atoms with Crippen molar-refractivity contribution in [1.29, 1.82) is 0 Å². The van der Waals surface area contributed by atoms with E-state index in [-0.39, 0.29) is 23.6 Å². The summed E-state index contributed by atoms with van der Waals surface area (Å²) in [6.07, 6.45) is 18.6. The Bertz CT molecular complexity index is 2040. The molecule has 4 aromatic rings. The normalized spacial score (nSPS) is 11.2. The van der Waals surface area contributed by atoms with E-state index in [0.29, 0.717) is 16.9 Å². The van der Waals surface area contributed by atoms with E-state index < -0.39 is 106 Å². The van der Waals surface area contributed by atoms with Crippen LogP contribution in [-0.2, 0) is 6.42 Å². The number of quaternary nitrogens is 1. The van der Waals surface area contributed by atoms with Gasteiger partial charge in [0.1, 0.15) is 5.75 Å². The average molecular weight is 950 g/mol. The third kappa shape index (κ3) is 14.8. The molecule has 0 heterocycles. The first-order valence-electron chi connectivity index (χ1n) is 20.8. The van der Waals surface area contributed by atoms with E-state index in [0.717, 1.165) is 50.3 Å². The third-order valence-electron chi connectivity index (χ3n) is 10.0. The van der Waals surface area contributed by atoms with E-state index in [4.69, 9.17) is 14.0 Å². The highest BCUT2D eigenvalue weighted by Gasteiger charge is 2.41. The molecule has 21 heteroatoms. The second kappa shape index (κ2) is 26.3. The molecule has 2 N–H and O–H groups in total. The second-order valence-corrected chi connectivity index (χ2v) is 15.1. The predicted octanol–water partition coefficient (Wildman–Crippen LogP) is 13.1. The lowest BCUT2D eigenvalue weighted by molar-refractivity contribution is -0.786. The molecule has 0 atom stereocenters. The summed E-state index contributed by atoms with van der Waals surface area (Å²) in [5, 5.41) is 10.7. The van der Waals surface area contributed by atoms with Crippen LogP contribution in [0.4, 0.5) is 71.5 Å². The largest absolute Gasteiger partial charge is 0.864 e. The summed E-state index contributed by atoms with van der Waals surface area (Å²) in [6, 6.07) is 3.24. The van der Waals surface area contributed by atoms with Crippen molar-refractivity contribution < 1.29 is 89.8 Å². The van der Waals surface area contributed by atoms with Crippen molar-refractivity contribution in [3.8, 4) is 23.0 Å². The van der Waals surface area contributed by atoms with Crippen molar-refractivity contribution in [2.45, 2.75) is 116 Å². The number of hydrogen-bond acceptors (Lipinski definition) is 4. The monoisotopic (exact) mass is 949 g/mol. The summed E-state index contributed by atoms with van der Waals surface area (Å²) in [5.41, 5.74) is 0.465.